The molecule has 2 rings (SSSR count). The van der Waals surface area contributed by atoms with Crippen molar-refractivity contribution in [1.82, 2.24) is 20.1 Å². The van der Waals surface area contributed by atoms with Crippen LogP contribution in [0.3, 0.4) is 0 Å². The van der Waals surface area contributed by atoms with E-state index in [0.717, 1.165) is 38.0 Å². The molecule has 0 unspecified atom stereocenters. The third kappa shape index (κ3) is 6.34. The molecule has 3 amide bonds. The second kappa shape index (κ2) is 9.98. The zero-order valence-electron chi connectivity index (χ0n) is 15.0. The van der Waals surface area contributed by atoms with Crippen molar-refractivity contribution in [3.63, 3.8) is 0 Å². The second-order valence-corrected chi connectivity index (χ2v) is 6.52. The van der Waals surface area contributed by atoms with E-state index in [4.69, 9.17) is 5.73 Å². The molecule has 1 saturated heterocycles. The van der Waals surface area contributed by atoms with E-state index >= 15 is 0 Å². The fraction of sp³-hybridized carbons (Fsp3) is 0.611. The van der Waals surface area contributed by atoms with Gasteiger partial charge in [0.15, 0.2) is 0 Å². The SMILES string of the molecule is CCCN(Cc1ccccn1)C(=O)NCCN1CCC[C@@H](C(N)=O)C1. The van der Waals surface area contributed by atoms with Crippen LogP contribution in [0, 0.1) is 5.92 Å². The number of primary amides is 1. The van der Waals surface area contributed by atoms with Crippen molar-refractivity contribution in [2.45, 2.75) is 32.7 Å². The van der Waals surface area contributed by atoms with Gasteiger partial charge in [-0.1, -0.05) is 13.0 Å². The lowest BCUT2D eigenvalue weighted by Crippen LogP contribution is -2.46. The molecule has 1 aliphatic heterocycles. The Morgan fingerprint density at radius 3 is 2.96 bits per heavy atom. The van der Waals surface area contributed by atoms with Gasteiger partial charge in [0.2, 0.25) is 5.91 Å². The lowest BCUT2D eigenvalue weighted by Gasteiger charge is -2.31. The van der Waals surface area contributed by atoms with Gasteiger partial charge in [0.1, 0.15) is 0 Å². The summed E-state index contributed by atoms with van der Waals surface area (Å²) >= 11 is 0. The van der Waals surface area contributed by atoms with Crippen LogP contribution in [0.5, 0.6) is 0 Å². The molecule has 0 spiro atoms. The summed E-state index contributed by atoms with van der Waals surface area (Å²) in [6, 6.07) is 5.64. The topological polar surface area (TPSA) is 91.6 Å². The van der Waals surface area contributed by atoms with Crippen LogP contribution in [-0.4, -0.2) is 59.4 Å². The van der Waals surface area contributed by atoms with E-state index in [-0.39, 0.29) is 17.9 Å². The van der Waals surface area contributed by atoms with Crippen LogP contribution >= 0.6 is 0 Å². The van der Waals surface area contributed by atoms with Crippen molar-refractivity contribution in [1.29, 1.82) is 0 Å². The summed E-state index contributed by atoms with van der Waals surface area (Å²) in [6.07, 6.45) is 4.48. The number of nitrogens with zero attached hydrogens (tertiary/aromatic N) is 3. The summed E-state index contributed by atoms with van der Waals surface area (Å²) in [7, 11) is 0. The molecule has 0 radical (unpaired) electrons. The number of nitrogens with one attached hydrogen (secondary N) is 1. The zero-order valence-corrected chi connectivity index (χ0v) is 15.0. The smallest absolute Gasteiger partial charge is 0.317 e. The number of aromatic nitrogens is 1. The normalized spacial score (nSPS) is 17.9. The monoisotopic (exact) mass is 347 g/mol. The predicted octanol–water partition coefficient (Wildman–Crippen LogP) is 1.20. The first-order chi connectivity index (χ1) is 12.1. The molecule has 0 bridgehead atoms. The van der Waals surface area contributed by atoms with Gasteiger partial charge in [-0.25, -0.2) is 4.79 Å². The van der Waals surface area contributed by atoms with Gasteiger partial charge in [0, 0.05) is 32.4 Å². The maximum absolute atomic E-state index is 12.4. The van der Waals surface area contributed by atoms with Crippen molar-refractivity contribution < 1.29 is 9.59 Å². The van der Waals surface area contributed by atoms with E-state index in [9.17, 15) is 9.59 Å². The summed E-state index contributed by atoms with van der Waals surface area (Å²) in [6.45, 7) is 6.19. The van der Waals surface area contributed by atoms with E-state index in [1.54, 1.807) is 11.1 Å². The number of likely N-dealkylation sites (tertiary alicyclic amines) is 1. The van der Waals surface area contributed by atoms with Gasteiger partial charge < -0.3 is 20.9 Å². The summed E-state index contributed by atoms with van der Waals surface area (Å²) in [5.74, 6) is -0.289. The molecule has 3 N–H and O–H groups in total. The third-order valence-corrected chi connectivity index (χ3v) is 4.47. The Morgan fingerprint density at radius 2 is 2.28 bits per heavy atom. The van der Waals surface area contributed by atoms with E-state index in [0.29, 0.717) is 26.2 Å². The van der Waals surface area contributed by atoms with Gasteiger partial charge in [0.05, 0.1) is 18.2 Å². The molecule has 0 saturated carbocycles. The Labute approximate surface area is 149 Å². The summed E-state index contributed by atoms with van der Waals surface area (Å²) in [5, 5.41) is 2.98. The Balaban J connectivity index is 1.77. The van der Waals surface area contributed by atoms with Crippen LogP contribution in [0.1, 0.15) is 31.9 Å². The molecular weight excluding hydrogens is 318 g/mol. The first kappa shape index (κ1) is 19.2. The molecule has 1 aliphatic rings. The molecule has 0 aliphatic carbocycles. The summed E-state index contributed by atoms with van der Waals surface area (Å²) in [5.41, 5.74) is 6.29. The summed E-state index contributed by atoms with van der Waals surface area (Å²) in [4.78, 5) is 32.0. The van der Waals surface area contributed by atoms with Crippen LogP contribution in [0.25, 0.3) is 0 Å². The first-order valence-corrected chi connectivity index (χ1v) is 9.04. The number of amides is 3. The lowest BCUT2D eigenvalue weighted by molar-refractivity contribution is -0.123. The molecule has 2 heterocycles. The number of hydrogen-bond donors (Lipinski definition) is 2. The average Bonchev–Trinajstić information content (AvgIpc) is 2.62. The maximum Gasteiger partial charge on any atom is 0.317 e. The van der Waals surface area contributed by atoms with Crippen molar-refractivity contribution in [3.8, 4) is 0 Å². The van der Waals surface area contributed by atoms with E-state index in [2.05, 4.69) is 22.1 Å². The van der Waals surface area contributed by atoms with Crippen LogP contribution in [0.4, 0.5) is 4.79 Å². The van der Waals surface area contributed by atoms with Gasteiger partial charge in [-0.05, 0) is 37.9 Å². The molecule has 138 valence electrons. The van der Waals surface area contributed by atoms with Crippen molar-refractivity contribution in [3.05, 3.63) is 30.1 Å². The van der Waals surface area contributed by atoms with E-state index in [1.165, 1.54) is 0 Å². The molecule has 25 heavy (non-hydrogen) atoms. The number of pyridine rings is 1. The standard InChI is InChI=1S/C18H29N5O2/c1-2-10-23(14-16-7-3-4-8-20-16)18(25)21-9-12-22-11-5-6-15(13-22)17(19)24/h3-4,7-8,15H,2,5-6,9-14H2,1H3,(H2,19,24)(H,21,25)/t15-/m1/s1. The fourth-order valence-electron chi connectivity index (χ4n) is 3.13. The molecular formula is C18H29N5O2. The van der Waals surface area contributed by atoms with Gasteiger partial charge in [0.25, 0.3) is 0 Å². The number of carbonyl (C=O) groups excluding carboxylic acids is 2. The molecule has 1 aromatic heterocycles. The highest BCUT2D eigenvalue weighted by Gasteiger charge is 2.23. The number of hydrogen-bond acceptors (Lipinski definition) is 4. The Morgan fingerprint density at radius 1 is 1.44 bits per heavy atom. The molecule has 1 atom stereocenters. The number of rotatable bonds is 8. The van der Waals surface area contributed by atoms with Crippen LogP contribution in [-0.2, 0) is 11.3 Å². The highest BCUT2D eigenvalue weighted by molar-refractivity contribution is 5.77. The summed E-state index contributed by atoms with van der Waals surface area (Å²) < 4.78 is 0. The van der Waals surface area contributed by atoms with Crippen molar-refractivity contribution in [2.24, 2.45) is 11.7 Å². The first-order valence-electron chi connectivity index (χ1n) is 9.04. The van der Waals surface area contributed by atoms with Gasteiger partial charge in [-0.2, -0.15) is 0 Å². The zero-order chi connectivity index (χ0) is 18.1. The number of urea groups is 1. The Hall–Kier alpha value is -2.15. The van der Waals surface area contributed by atoms with E-state index in [1.807, 2.05) is 18.2 Å². The minimum Gasteiger partial charge on any atom is -0.369 e. The number of nitrogens with two attached hydrogens (primary N) is 1. The highest BCUT2D eigenvalue weighted by Crippen LogP contribution is 2.15. The van der Waals surface area contributed by atoms with Crippen LogP contribution in [0.2, 0.25) is 0 Å². The fourth-order valence-corrected chi connectivity index (χ4v) is 3.13. The molecule has 0 aromatic carbocycles. The molecule has 1 aromatic rings. The van der Waals surface area contributed by atoms with Gasteiger partial charge in [-0.15, -0.1) is 0 Å². The second-order valence-electron chi connectivity index (χ2n) is 6.52. The van der Waals surface area contributed by atoms with Crippen LogP contribution < -0.4 is 11.1 Å². The predicted molar refractivity (Wildman–Crippen MR) is 96.7 cm³/mol. The number of carbonyl (C=O) groups is 2. The van der Waals surface area contributed by atoms with Crippen molar-refractivity contribution >= 4 is 11.9 Å². The average molecular weight is 347 g/mol. The van der Waals surface area contributed by atoms with Crippen LogP contribution in [0.15, 0.2) is 24.4 Å². The number of piperidine rings is 1. The Kier molecular flexibility index (Phi) is 7.66. The van der Waals surface area contributed by atoms with E-state index < -0.39 is 0 Å². The minimum absolute atomic E-state index is 0.0646. The minimum atomic E-state index is -0.224. The lowest BCUT2D eigenvalue weighted by atomic mass is 9.97. The third-order valence-electron chi connectivity index (χ3n) is 4.47. The Bertz CT molecular complexity index is 552. The maximum atomic E-state index is 12.4. The highest BCUT2D eigenvalue weighted by atomic mass is 16.2. The molecule has 7 nitrogen and oxygen atoms in total. The van der Waals surface area contributed by atoms with Gasteiger partial charge in [-0.3, -0.25) is 9.78 Å². The van der Waals surface area contributed by atoms with Crippen molar-refractivity contribution in [2.75, 3.05) is 32.7 Å². The van der Waals surface area contributed by atoms with Gasteiger partial charge >= 0.3 is 6.03 Å². The molecule has 7 heteroatoms. The quantitative estimate of drug-likeness (QED) is 0.739. The largest absolute Gasteiger partial charge is 0.369 e. The molecule has 1 fully saturated rings.